The number of carbonyl (C=O) groups excluding carboxylic acids is 1. The van der Waals surface area contributed by atoms with E-state index in [4.69, 9.17) is 13.9 Å². The van der Waals surface area contributed by atoms with E-state index in [1.165, 1.54) is 6.07 Å². The number of nitrogens with one attached hydrogen (secondary N) is 1. The maximum Gasteiger partial charge on any atom is 0.534 e. The molecule has 2 heterocycles. The number of aromatic amines is 1. The SMILES string of the molecule is CC(C)(C)OC(=O)N1CCC[C@H]1c1nc2ccc(-c3ccc(OS(=O)(=O)C(F)(F)F)c4c3C3(CCCC3)CCC4)cc2[nH]1. The summed E-state index contributed by atoms with van der Waals surface area (Å²) in [6.45, 7) is 6.08. The molecule has 1 aromatic heterocycles. The highest BCUT2D eigenvalue weighted by molar-refractivity contribution is 7.88. The molecule has 232 valence electrons. The van der Waals surface area contributed by atoms with Gasteiger partial charge in [0, 0.05) is 12.1 Å². The zero-order valence-electron chi connectivity index (χ0n) is 24.5. The average molecular weight is 620 g/mol. The minimum absolute atomic E-state index is 0.240. The van der Waals surface area contributed by atoms with E-state index in [2.05, 4.69) is 4.98 Å². The number of nitrogens with zero attached hydrogens (tertiary/aromatic N) is 2. The van der Waals surface area contributed by atoms with E-state index in [-0.39, 0.29) is 23.3 Å². The van der Waals surface area contributed by atoms with Crippen LogP contribution in [0.3, 0.4) is 0 Å². The number of hydrogen-bond donors (Lipinski definition) is 1. The smallest absolute Gasteiger partial charge is 0.444 e. The molecule has 1 atom stereocenters. The standard InChI is InChI=1S/C31H36F3N3O5S/c1-29(2,3)41-28(38)37-17-7-9-24(37)27-35-22-12-10-19(18-23(22)36-27)20-11-13-25(42-43(39,40)31(32,33)34)21-8-6-16-30(26(20)21)14-4-5-15-30/h10-13,18,24H,4-9,14-17H2,1-3H3,(H,35,36)/t24-/m0/s1. The quantitative estimate of drug-likeness (QED) is 0.238. The van der Waals surface area contributed by atoms with Gasteiger partial charge in [0.05, 0.1) is 17.1 Å². The summed E-state index contributed by atoms with van der Waals surface area (Å²) in [6.07, 6.45) is 7.07. The number of imidazole rings is 1. The number of rotatable bonds is 4. The number of ether oxygens (including phenoxy) is 1. The van der Waals surface area contributed by atoms with Crippen molar-refractivity contribution in [1.82, 2.24) is 14.9 Å². The molecule has 0 unspecified atom stereocenters. The molecule has 0 radical (unpaired) electrons. The summed E-state index contributed by atoms with van der Waals surface area (Å²) >= 11 is 0. The van der Waals surface area contributed by atoms with E-state index in [0.717, 1.165) is 79.1 Å². The van der Waals surface area contributed by atoms with Crippen LogP contribution >= 0.6 is 0 Å². The lowest BCUT2D eigenvalue weighted by atomic mass is 9.66. The Balaban J connectivity index is 1.40. The molecule has 12 heteroatoms. The third-order valence-corrected chi connectivity index (χ3v) is 9.90. The summed E-state index contributed by atoms with van der Waals surface area (Å²) in [5.41, 5.74) is -1.70. The number of H-pyrrole nitrogens is 1. The second-order valence-corrected chi connectivity index (χ2v) is 14.5. The molecule has 1 aliphatic heterocycles. The molecule has 3 aliphatic rings. The summed E-state index contributed by atoms with van der Waals surface area (Å²) in [5, 5.41) is 0. The molecule has 8 nitrogen and oxygen atoms in total. The number of alkyl halides is 3. The summed E-state index contributed by atoms with van der Waals surface area (Å²) < 4.78 is 74.0. The number of amides is 1. The van der Waals surface area contributed by atoms with Crippen LogP contribution < -0.4 is 4.18 Å². The first kappa shape index (κ1) is 29.8. The van der Waals surface area contributed by atoms with Gasteiger partial charge in [0.1, 0.15) is 17.2 Å². The van der Waals surface area contributed by atoms with Crippen LogP contribution in [-0.4, -0.2) is 47.0 Å². The summed E-state index contributed by atoms with van der Waals surface area (Å²) in [4.78, 5) is 22.8. The lowest BCUT2D eigenvalue weighted by molar-refractivity contribution is -0.0500. The Bertz CT molecular complexity index is 1670. The Morgan fingerprint density at radius 3 is 2.47 bits per heavy atom. The number of carbonyl (C=O) groups is 1. The molecular weight excluding hydrogens is 583 g/mol. The van der Waals surface area contributed by atoms with Crippen molar-refractivity contribution >= 4 is 27.2 Å². The molecular formula is C31H36F3N3O5S. The van der Waals surface area contributed by atoms with Crippen LogP contribution in [0.15, 0.2) is 30.3 Å². The highest BCUT2D eigenvalue weighted by Gasteiger charge is 2.50. The predicted octanol–water partition coefficient (Wildman–Crippen LogP) is 7.68. The van der Waals surface area contributed by atoms with Crippen molar-refractivity contribution in [1.29, 1.82) is 0 Å². The maximum atomic E-state index is 13.2. The van der Waals surface area contributed by atoms with Crippen LogP contribution in [0.2, 0.25) is 0 Å². The van der Waals surface area contributed by atoms with E-state index in [9.17, 15) is 26.4 Å². The zero-order chi connectivity index (χ0) is 30.8. The van der Waals surface area contributed by atoms with Gasteiger partial charge in [-0.15, -0.1) is 0 Å². The molecule has 2 aliphatic carbocycles. The van der Waals surface area contributed by atoms with E-state index in [1.54, 1.807) is 11.0 Å². The van der Waals surface area contributed by atoms with E-state index < -0.39 is 21.2 Å². The first-order valence-corrected chi connectivity index (χ1v) is 16.3. The van der Waals surface area contributed by atoms with E-state index in [1.807, 2.05) is 39.0 Å². The molecule has 0 bridgehead atoms. The van der Waals surface area contributed by atoms with Gasteiger partial charge in [0.2, 0.25) is 0 Å². The number of aromatic nitrogens is 2. The third kappa shape index (κ3) is 5.47. The molecule has 1 saturated heterocycles. The number of hydrogen-bond acceptors (Lipinski definition) is 6. The van der Waals surface area contributed by atoms with Gasteiger partial charge in [0.15, 0.2) is 0 Å². The minimum Gasteiger partial charge on any atom is -0.444 e. The zero-order valence-corrected chi connectivity index (χ0v) is 25.3. The number of halogens is 3. The Labute approximate surface area is 249 Å². The minimum atomic E-state index is -5.80. The van der Waals surface area contributed by atoms with Crippen LogP contribution in [0, 0.1) is 0 Å². The fraction of sp³-hybridized carbons (Fsp3) is 0.548. The van der Waals surface area contributed by atoms with Gasteiger partial charge in [-0.3, -0.25) is 4.90 Å². The highest BCUT2D eigenvalue weighted by Crippen LogP contribution is 2.54. The maximum absolute atomic E-state index is 13.2. The lowest BCUT2D eigenvalue weighted by Gasteiger charge is -2.38. The largest absolute Gasteiger partial charge is 0.534 e. The molecule has 3 aromatic rings. The monoisotopic (exact) mass is 619 g/mol. The fourth-order valence-corrected chi connectivity index (χ4v) is 7.68. The van der Waals surface area contributed by atoms with Crippen molar-refractivity contribution < 1.29 is 35.3 Å². The molecule has 2 fully saturated rings. The molecule has 1 spiro atoms. The van der Waals surface area contributed by atoms with Crippen molar-refractivity contribution in [2.45, 2.75) is 101 Å². The van der Waals surface area contributed by atoms with Crippen LogP contribution in [0.5, 0.6) is 5.75 Å². The van der Waals surface area contributed by atoms with E-state index in [0.29, 0.717) is 24.4 Å². The first-order valence-electron chi connectivity index (χ1n) is 14.8. The van der Waals surface area contributed by atoms with Crippen LogP contribution in [-0.2, 0) is 26.7 Å². The Morgan fingerprint density at radius 1 is 1.05 bits per heavy atom. The number of likely N-dealkylation sites (tertiary alicyclic amines) is 1. The van der Waals surface area contributed by atoms with Gasteiger partial charge in [0.25, 0.3) is 0 Å². The van der Waals surface area contributed by atoms with Gasteiger partial charge in [-0.25, -0.2) is 9.78 Å². The fourth-order valence-electron chi connectivity index (χ4n) is 7.19. The van der Waals surface area contributed by atoms with Gasteiger partial charge in [-0.2, -0.15) is 21.6 Å². The summed E-state index contributed by atoms with van der Waals surface area (Å²) in [6, 6.07) is 8.60. The summed E-state index contributed by atoms with van der Waals surface area (Å²) in [5.74, 6) is 0.432. The first-order chi connectivity index (χ1) is 20.2. The van der Waals surface area contributed by atoms with Crippen molar-refractivity contribution in [2.75, 3.05) is 6.54 Å². The van der Waals surface area contributed by atoms with Crippen molar-refractivity contribution in [3.63, 3.8) is 0 Å². The van der Waals surface area contributed by atoms with Crippen molar-refractivity contribution in [3.05, 3.63) is 47.3 Å². The van der Waals surface area contributed by atoms with E-state index >= 15 is 0 Å². The van der Waals surface area contributed by atoms with Gasteiger partial charge in [-0.1, -0.05) is 25.0 Å². The molecule has 43 heavy (non-hydrogen) atoms. The normalized spacial score (nSPS) is 20.5. The van der Waals surface area contributed by atoms with Crippen LogP contribution in [0.1, 0.15) is 95.1 Å². The van der Waals surface area contributed by atoms with Gasteiger partial charge < -0.3 is 13.9 Å². The molecule has 1 N–H and O–H groups in total. The molecule has 1 saturated carbocycles. The lowest BCUT2D eigenvalue weighted by Crippen LogP contribution is -2.36. The topological polar surface area (TPSA) is 102 Å². The van der Waals surface area contributed by atoms with Gasteiger partial charge >= 0.3 is 21.7 Å². The second kappa shape index (κ2) is 10.4. The van der Waals surface area contributed by atoms with Crippen LogP contribution in [0.25, 0.3) is 22.2 Å². The van der Waals surface area contributed by atoms with Gasteiger partial charge in [-0.05, 0) is 106 Å². The Kier molecular flexibility index (Phi) is 7.21. The van der Waals surface area contributed by atoms with Crippen molar-refractivity contribution in [3.8, 4) is 16.9 Å². The second-order valence-electron chi connectivity index (χ2n) is 13.0. The molecule has 6 rings (SSSR count). The highest BCUT2D eigenvalue weighted by atomic mass is 32.2. The average Bonchev–Trinajstić information content (AvgIpc) is 3.67. The third-order valence-electron chi connectivity index (χ3n) is 8.93. The number of benzene rings is 2. The Hall–Kier alpha value is -3.28. The van der Waals surface area contributed by atoms with Crippen molar-refractivity contribution in [2.24, 2.45) is 0 Å². The summed E-state index contributed by atoms with van der Waals surface area (Å²) in [7, 11) is -5.80. The molecule has 2 aromatic carbocycles. The predicted molar refractivity (Wildman–Crippen MR) is 155 cm³/mol. The van der Waals surface area contributed by atoms with Crippen LogP contribution in [0.4, 0.5) is 18.0 Å². The number of fused-ring (bicyclic) bond motifs is 3. The molecule has 1 amide bonds. The Morgan fingerprint density at radius 2 is 1.77 bits per heavy atom.